The molecule has 4 aromatic rings. The Bertz CT molecular complexity index is 1740. The van der Waals surface area contributed by atoms with E-state index in [-0.39, 0.29) is 18.9 Å². The van der Waals surface area contributed by atoms with E-state index >= 15 is 0 Å². The van der Waals surface area contributed by atoms with E-state index in [0.29, 0.717) is 59.9 Å². The first-order valence-corrected chi connectivity index (χ1v) is 15.9. The summed E-state index contributed by atoms with van der Waals surface area (Å²) in [6, 6.07) is 29.7. The van der Waals surface area contributed by atoms with Gasteiger partial charge in [-0.15, -0.1) is 0 Å². The normalized spacial score (nSPS) is 16.8. The summed E-state index contributed by atoms with van der Waals surface area (Å²) in [5.74, 6) is 1.08. The maximum absolute atomic E-state index is 14.5. The van der Waals surface area contributed by atoms with Gasteiger partial charge >= 0.3 is 0 Å². The summed E-state index contributed by atoms with van der Waals surface area (Å²) >= 11 is 3.46. The summed E-state index contributed by atoms with van der Waals surface area (Å²) in [7, 11) is 1.58. The molecule has 1 amide bonds. The second kappa shape index (κ2) is 16.1. The minimum absolute atomic E-state index is 0.0421. The lowest BCUT2D eigenvalue weighted by Crippen LogP contribution is -2.54. The van der Waals surface area contributed by atoms with Crippen LogP contribution in [0, 0.1) is 0 Å². The molecule has 0 spiro atoms. The molecular weight excluding hydrogens is 664 g/mol. The van der Waals surface area contributed by atoms with Crippen LogP contribution in [0.1, 0.15) is 34.8 Å². The van der Waals surface area contributed by atoms with Crippen molar-refractivity contribution in [3.8, 4) is 11.5 Å². The number of benzene rings is 4. The van der Waals surface area contributed by atoms with Crippen LogP contribution < -0.4 is 20.3 Å². The number of aliphatic hydroxyl groups excluding tert-OH is 1. The molecule has 0 radical (unpaired) electrons. The van der Waals surface area contributed by atoms with Crippen molar-refractivity contribution in [3.63, 3.8) is 0 Å². The molecule has 1 aliphatic heterocycles. The van der Waals surface area contributed by atoms with E-state index in [1.54, 1.807) is 31.4 Å². The standard InChI is InChI=1S/C35H35BrN6O5/c1-45-30-8-4-7-26(22-30)32-35(23-27-6-2-3-9-31(27)40-42-37,34(44)41-38-19-18-24-10-14-28(36)15-11-24)39-33(47-32)25-12-16-29(17-13-25)46-21-5-20-43/h2-4,6-17,22,32,38,43H,5,18-21,23H2,1H3,(H,41,44)/t32-,35-/m0/s1. The van der Waals surface area contributed by atoms with Gasteiger partial charge in [0.15, 0.2) is 11.6 Å². The van der Waals surface area contributed by atoms with E-state index in [2.05, 4.69) is 36.8 Å². The van der Waals surface area contributed by atoms with Crippen molar-refractivity contribution in [1.82, 2.24) is 10.9 Å². The number of carbonyl (C=O) groups excluding carboxylic acids is 1. The van der Waals surface area contributed by atoms with Crippen molar-refractivity contribution in [2.45, 2.75) is 30.9 Å². The van der Waals surface area contributed by atoms with E-state index in [4.69, 9.17) is 24.3 Å². The number of azide groups is 1. The van der Waals surface area contributed by atoms with Crippen molar-refractivity contribution >= 4 is 33.4 Å². The van der Waals surface area contributed by atoms with Crippen molar-refractivity contribution in [1.29, 1.82) is 0 Å². The molecule has 0 saturated heterocycles. The Balaban J connectivity index is 1.53. The van der Waals surface area contributed by atoms with E-state index in [1.165, 1.54) is 0 Å². The third kappa shape index (κ3) is 8.30. The summed E-state index contributed by atoms with van der Waals surface area (Å²) in [5, 5.41) is 13.0. The molecule has 47 heavy (non-hydrogen) atoms. The molecule has 0 aromatic heterocycles. The number of carbonyl (C=O) groups is 1. The minimum atomic E-state index is -1.52. The highest BCUT2D eigenvalue weighted by Gasteiger charge is 2.53. The zero-order chi connectivity index (χ0) is 33.1. The second-order valence-electron chi connectivity index (χ2n) is 10.8. The Morgan fingerprint density at radius 3 is 2.60 bits per heavy atom. The van der Waals surface area contributed by atoms with Gasteiger partial charge in [0.2, 0.25) is 5.90 Å². The van der Waals surface area contributed by atoms with Crippen LogP contribution in [0.4, 0.5) is 5.69 Å². The highest BCUT2D eigenvalue weighted by molar-refractivity contribution is 9.10. The molecule has 2 atom stereocenters. The Hall–Kier alpha value is -4.87. The molecule has 1 heterocycles. The number of nitrogens with zero attached hydrogens (tertiary/aromatic N) is 4. The Labute approximate surface area is 281 Å². The van der Waals surface area contributed by atoms with Crippen LogP contribution in [0.2, 0.25) is 0 Å². The number of hydrazine groups is 1. The maximum atomic E-state index is 14.5. The highest BCUT2D eigenvalue weighted by Crippen LogP contribution is 2.44. The summed E-state index contributed by atoms with van der Waals surface area (Å²) < 4.78 is 18.8. The molecule has 12 heteroatoms. The predicted molar refractivity (Wildman–Crippen MR) is 183 cm³/mol. The molecule has 0 bridgehead atoms. The zero-order valence-corrected chi connectivity index (χ0v) is 27.4. The van der Waals surface area contributed by atoms with Crippen LogP contribution in [0.15, 0.2) is 112 Å². The molecule has 0 aliphatic carbocycles. The SMILES string of the molecule is COc1cccc([C@@H]2OC(c3ccc(OCCCO)cc3)=N[C@]2(Cc2ccccc2N=[N+]=[N-])C(=O)NNCCc2ccc(Br)cc2)c1. The predicted octanol–water partition coefficient (Wildman–Crippen LogP) is 6.52. The lowest BCUT2D eigenvalue weighted by Gasteiger charge is -2.31. The van der Waals surface area contributed by atoms with Gasteiger partial charge in [0, 0.05) is 46.6 Å². The number of ether oxygens (including phenoxy) is 3. The van der Waals surface area contributed by atoms with Crippen LogP contribution in [0.5, 0.6) is 11.5 Å². The Morgan fingerprint density at radius 1 is 1.06 bits per heavy atom. The largest absolute Gasteiger partial charge is 0.497 e. The van der Waals surface area contributed by atoms with Crippen molar-refractivity contribution in [2.75, 3.05) is 26.9 Å². The molecule has 0 saturated carbocycles. The molecule has 3 N–H and O–H groups in total. The first-order chi connectivity index (χ1) is 23.0. The van der Waals surface area contributed by atoms with Gasteiger partial charge in [-0.1, -0.05) is 69.6 Å². The minimum Gasteiger partial charge on any atom is -0.497 e. The van der Waals surface area contributed by atoms with Gasteiger partial charge in [-0.25, -0.2) is 10.4 Å². The molecular formula is C35H35BrN6O5. The number of aliphatic imine (C=N–C) groups is 1. The molecule has 0 unspecified atom stereocenters. The van der Waals surface area contributed by atoms with Gasteiger partial charge in [0.25, 0.3) is 5.91 Å². The van der Waals surface area contributed by atoms with E-state index < -0.39 is 17.6 Å². The summed E-state index contributed by atoms with van der Waals surface area (Å²) in [5.41, 5.74) is 17.2. The van der Waals surface area contributed by atoms with E-state index in [9.17, 15) is 10.3 Å². The Morgan fingerprint density at radius 2 is 1.85 bits per heavy atom. The Kier molecular flexibility index (Phi) is 11.5. The number of hydrogen-bond donors (Lipinski definition) is 3. The first-order valence-electron chi connectivity index (χ1n) is 15.1. The average Bonchev–Trinajstić information content (AvgIpc) is 3.49. The number of amides is 1. The smallest absolute Gasteiger partial charge is 0.266 e. The molecule has 11 nitrogen and oxygen atoms in total. The number of nitrogens with one attached hydrogen (secondary N) is 2. The molecule has 0 fully saturated rings. The molecule has 1 aliphatic rings. The third-order valence-corrected chi connectivity index (χ3v) is 8.21. The lowest BCUT2D eigenvalue weighted by atomic mass is 9.81. The van der Waals surface area contributed by atoms with Crippen LogP contribution in [0.25, 0.3) is 10.4 Å². The summed E-state index contributed by atoms with van der Waals surface area (Å²) in [6.45, 7) is 0.895. The van der Waals surface area contributed by atoms with Gasteiger partial charge in [-0.05, 0) is 77.2 Å². The molecule has 5 rings (SSSR count). The second-order valence-corrected chi connectivity index (χ2v) is 11.7. The van der Waals surface area contributed by atoms with Crippen LogP contribution >= 0.6 is 15.9 Å². The summed E-state index contributed by atoms with van der Waals surface area (Å²) in [6.07, 6.45) is 0.389. The zero-order valence-electron chi connectivity index (χ0n) is 25.8. The molecule has 4 aromatic carbocycles. The van der Waals surface area contributed by atoms with Crippen molar-refractivity contribution in [3.05, 3.63) is 134 Å². The number of rotatable bonds is 15. The number of aliphatic hydroxyl groups is 1. The quantitative estimate of drug-likeness (QED) is 0.0423. The van der Waals surface area contributed by atoms with Gasteiger partial charge in [-0.3, -0.25) is 10.2 Å². The van der Waals surface area contributed by atoms with E-state index in [1.807, 2.05) is 72.8 Å². The fraction of sp³-hybridized carbons (Fsp3) is 0.257. The maximum Gasteiger partial charge on any atom is 0.266 e. The third-order valence-electron chi connectivity index (χ3n) is 7.68. The van der Waals surface area contributed by atoms with Gasteiger partial charge in [0.05, 0.1) is 13.7 Å². The van der Waals surface area contributed by atoms with Crippen molar-refractivity contribution < 1.29 is 24.1 Å². The number of halogens is 1. The first kappa shape index (κ1) is 33.5. The van der Waals surface area contributed by atoms with Gasteiger partial charge < -0.3 is 19.3 Å². The molecule has 242 valence electrons. The van der Waals surface area contributed by atoms with Gasteiger partial charge in [0.1, 0.15) is 11.5 Å². The fourth-order valence-corrected chi connectivity index (χ4v) is 5.56. The topological polar surface area (TPSA) is 150 Å². The van der Waals surface area contributed by atoms with Crippen molar-refractivity contribution in [2.24, 2.45) is 10.1 Å². The van der Waals surface area contributed by atoms with Crippen LogP contribution in [-0.2, 0) is 22.4 Å². The fourth-order valence-electron chi connectivity index (χ4n) is 5.29. The summed E-state index contributed by atoms with van der Waals surface area (Å²) in [4.78, 5) is 22.5. The van der Waals surface area contributed by atoms with Gasteiger partial charge in [-0.2, -0.15) is 0 Å². The number of hydrogen-bond acceptors (Lipinski definition) is 8. The number of methoxy groups -OCH3 is 1. The highest BCUT2D eigenvalue weighted by atomic mass is 79.9. The van der Waals surface area contributed by atoms with E-state index in [0.717, 1.165) is 10.0 Å². The average molecular weight is 700 g/mol. The lowest BCUT2D eigenvalue weighted by molar-refractivity contribution is -0.130. The monoisotopic (exact) mass is 698 g/mol. The van der Waals surface area contributed by atoms with Crippen LogP contribution in [0.3, 0.4) is 0 Å². The van der Waals surface area contributed by atoms with Crippen LogP contribution in [-0.4, -0.2) is 49.3 Å².